The van der Waals surface area contributed by atoms with Gasteiger partial charge >= 0.3 is 0 Å². The molecule has 0 aromatic carbocycles. The summed E-state index contributed by atoms with van der Waals surface area (Å²) in [5.41, 5.74) is 2.43. The van der Waals surface area contributed by atoms with E-state index in [9.17, 15) is 4.79 Å². The van der Waals surface area contributed by atoms with E-state index in [1.807, 2.05) is 52.4 Å². The zero-order valence-electron chi connectivity index (χ0n) is 14.0. The highest BCUT2D eigenvalue weighted by atomic mass is 32.2. The molecule has 6 nitrogen and oxygen atoms in total. The van der Waals surface area contributed by atoms with Crippen molar-refractivity contribution in [3.63, 3.8) is 0 Å². The minimum Gasteiger partial charge on any atom is -0.348 e. The number of thioether (sulfide) groups is 1. The van der Waals surface area contributed by atoms with Gasteiger partial charge in [-0.05, 0) is 19.1 Å². The van der Waals surface area contributed by atoms with Crippen LogP contribution < -0.4 is 0 Å². The van der Waals surface area contributed by atoms with Gasteiger partial charge in [-0.25, -0.2) is 4.98 Å². The lowest BCUT2D eigenvalue weighted by Gasteiger charge is -2.35. The topological polar surface area (TPSA) is 53.2 Å². The number of hydrogen-bond donors (Lipinski definition) is 0. The number of carbonyl (C=O) groups excluding carboxylic acids is 1. The first-order valence-corrected chi connectivity index (χ1v) is 9.20. The second kappa shape index (κ2) is 6.12. The average molecular weight is 343 g/mol. The molecule has 4 rings (SSSR count). The number of aryl methyl sites for hydroxylation is 1. The number of carbonyl (C=O) groups is 1. The summed E-state index contributed by atoms with van der Waals surface area (Å²) in [6, 6.07) is 5.91. The molecule has 0 unspecified atom stereocenters. The van der Waals surface area contributed by atoms with Crippen LogP contribution in [-0.2, 0) is 0 Å². The molecule has 24 heavy (non-hydrogen) atoms. The van der Waals surface area contributed by atoms with E-state index >= 15 is 0 Å². The molecule has 1 atom stereocenters. The molecule has 7 heteroatoms. The van der Waals surface area contributed by atoms with Crippen molar-refractivity contribution in [2.75, 3.05) is 32.7 Å². The summed E-state index contributed by atoms with van der Waals surface area (Å²) in [5.74, 6) is 0.0205. The molecule has 2 aliphatic heterocycles. The van der Waals surface area contributed by atoms with Crippen LogP contribution in [-0.4, -0.2) is 68.2 Å². The molecule has 0 spiro atoms. The van der Waals surface area contributed by atoms with Gasteiger partial charge in [0.05, 0.1) is 6.54 Å². The molecule has 2 aromatic heterocycles. The third kappa shape index (κ3) is 2.77. The van der Waals surface area contributed by atoms with E-state index in [0.29, 0.717) is 10.9 Å². The molecule has 4 heterocycles. The van der Waals surface area contributed by atoms with Crippen LogP contribution in [0.4, 0.5) is 0 Å². The number of nitrogens with zero attached hydrogens (tertiary/aromatic N) is 5. The van der Waals surface area contributed by atoms with E-state index in [0.717, 1.165) is 49.2 Å². The lowest BCUT2D eigenvalue weighted by Crippen LogP contribution is -2.50. The highest BCUT2D eigenvalue weighted by molar-refractivity contribution is 8.14. The fourth-order valence-corrected chi connectivity index (χ4v) is 4.14. The Morgan fingerprint density at radius 3 is 2.71 bits per heavy atom. The quantitative estimate of drug-likeness (QED) is 0.793. The van der Waals surface area contributed by atoms with Gasteiger partial charge in [-0.1, -0.05) is 24.8 Å². The van der Waals surface area contributed by atoms with E-state index in [1.54, 1.807) is 0 Å². The zero-order chi connectivity index (χ0) is 16.7. The predicted molar refractivity (Wildman–Crippen MR) is 96.8 cm³/mol. The molecule has 1 fully saturated rings. The van der Waals surface area contributed by atoms with Gasteiger partial charge < -0.3 is 14.2 Å². The molecule has 0 aliphatic carbocycles. The number of rotatable bonds is 1. The average Bonchev–Trinajstić information content (AvgIpc) is 3.21. The first-order chi connectivity index (χ1) is 11.6. The third-order valence-electron chi connectivity index (χ3n) is 4.54. The fraction of sp³-hybridized carbons (Fsp3) is 0.471. The molecular weight excluding hydrogens is 322 g/mol. The number of aliphatic imine (C=N–C) groups is 1. The Kier molecular flexibility index (Phi) is 3.96. The van der Waals surface area contributed by atoms with E-state index in [-0.39, 0.29) is 5.91 Å². The number of amidine groups is 1. The third-order valence-corrected chi connectivity index (χ3v) is 5.69. The molecule has 2 aliphatic rings. The van der Waals surface area contributed by atoms with Crippen molar-refractivity contribution < 1.29 is 4.79 Å². The van der Waals surface area contributed by atoms with Crippen LogP contribution in [0.5, 0.6) is 0 Å². The van der Waals surface area contributed by atoms with Crippen molar-refractivity contribution in [2.24, 2.45) is 4.99 Å². The van der Waals surface area contributed by atoms with Crippen molar-refractivity contribution in [1.29, 1.82) is 0 Å². The zero-order valence-corrected chi connectivity index (χ0v) is 14.8. The van der Waals surface area contributed by atoms with Gasteiger partial charge in [0.1, 0.15) is 11.3 Å². The van der Waals surface area contributed by atoms with E-state index in [2.05, 4.69) is 21.8 Å². The Balaban J connectivity index is 1.45. The molecule has 0 bridgehead atoms. The summed E-state index contributed by atoms with van der Waals surface area (Å²) in [7, 11) is 0. The highest BCUT2D eigenvalue weighted by Gasteiger charge is 2.28. The number of hydrogen-bond acceptors (Lipinski definition) is 5. The Hall–Kier alpha value is -2.02. The first kappa shape index (κ1) is 15.5. The van der Waals surface area contributed by atoms with Crippen LogP contribution in [0.3, 0.4) is 0 Å². The Morgan fingerprint density at radius 2 is 2.04 bits per heavy atom. The van der Waals surface area contributed by atoms with Crippen molar-refractivity contribution >= 4 is 28.5 Å². The lowest BCUT2D eigenvalue weighted by atomic mass is 10.3. The molecule has 126 valence electrons. The summed E-state index contributed by atoms with van der Waals surface area (Å²) in [4.78, 5) is 26.0. The van der Waals surface area contributed by atoms with Crippen molar-refractivity contribution in [2.45, 2.75) is 19.1 Å². The van der Waals surface area contributed by atoms with Crippen LogP contribution in [0.1, 0.15) is 23.1 Å². The van der Waals surface area contributed by atoms with Gasteiger partial charge in [0.15, 0.2) is 5.17 Å². The Morgan fingerprint density at radius 1 is 1.25 bits per heavy atom. The van der Waals surface area contributed by atoms with Gasteiger partial charge in [-0.15, -0.1) is 0 Å². The second-order valence-corrected chi connectivity index (χ2v) is 7.76. The van der Waals surface area contributed by atoms with Crippen LogP contribution in [0.2, 0.25) is 0 Å². The summed E-state index contributed by atoms with van der Waals surface area (Å²) in [6.45, 7) is 8.25. The SMILES string of the molecule is Cc1cccc2nc(C(=O)N3CCN(C4=NC[C@@H](C)S4)CC3)cn12. The molecule has 0 radical (unpaired) electrons. The van der Waals surface area contributed by atoms with E-state index < -0.39 is 0 Å². The monoisotopic (exact) mass is 343 g/mol. The second-order valence-electron chi connectivity index (χ2n) is 6.35. The lowest BCUT2D eigenvalue weighted by molar-refractivity contribution is 0.0688. The van der Waals surface area contributed by atoms with Gasteiger partial charge in [0.25, 0.3) is 5.91 Å². The number of fused-ring (bicyclic) bond motifs is 1. The van der Waals surface area contributed by atoms with Crippen molar-refractivity contribution in [3.8, 4) is 0 Å². The maximum atomic E-state index is 12.8. The summed E-state index contributed by atoms with van der Waals surface area (Å²) in [6.07, 6.45) is 1.85. The van der Waals surface area contributed by atoms with Crippen LogP contribution in [0.25, 0.3) is 5.65 Å². The van der Waals surface area contributed by atoms with Crippen LogP contribution in [0, 0.1) is 6.92 Å². The number of aromatic nitrogens is 2. The van der Waals surface area contributed by atoms with Gasteiger partial charge in [-0.2, -0.15) is 0 Å². The summed E-state index contributed by atoms with van der Waals surface area (Å²) in [5, 5.41) is 1.71. The Labute approximate surface area is 145 Å². The van der Waals surface area contributed by atoms with E-state index in [1.165, 1.54) is 0 Å². The minimum absolute atomic E-state index is 0.0205. The van der Waals surface area contributed by atoms with Crippen molar-refractivity contribution in [3.05, 3.63) is 35.8 Å². The number of amides is 1. The van der Waals surface area contributed by atoms with Crippen LogP contribution >= 0.6 is 11.8 Å². The Bertz CT molecular complexity index is 806. The highest BCUT2D eigenvalue weighted by Crippen LogP contribution is 2.24. The summed E-state index contributed by atoms with van der Waals surface area (Å²) < 4.78 is 1.97. The van der Waals surface area contributed by atoms with E-state index in [4.69, 9.17) is 0 Å². The molecular formula is C17H21N5OS. The number of pyridine rings is 1. The molecule has 1 saturated heterocycles. The molecule has 0 N–H and O–H groups in total. The van der Waals surface area contributed by atoms with Gasteiger partial charge in [0.2, 0.25) is 0 Å². The molecule has 2 aromatic rings. The smallest absolute Gasteiger partial charge is 0.274 e. The largest absolute Gasteiger partial charge is 0.348 e. The number of imidazole rings is 1. The maximum absolute atomic E-state index is 12.8. The molecule has 1 amide bonds. The van der Waals surface area contributed by atoms with Gasteiger partial charge in [-0.3, -0.25) is 9.79 Å². The normalized spacial score (nSPS) is 21.4. The number of piperazine rings is 1. The fourth-order valence-electron chi connectivity index (χ4n) is 3.15. The first-order valence-electron chi connectivity index (χ1n) is 8.32. The predicted octanol–water partition coefficient (Wildman–Crippen LogP) is 1.89. The summed E-state index contributed by atoms with van der Waals surface area (Å²) >= 11 is 1.84. The van der Waals surface area contributed by atoms with Gasteiger partial charge in [0, 0.05) is 43.3 Å². The standard InChI is InChI=1S/C17H21N5OS/c1-12-4-3-5-15-19-14(11-22(12)15)16(23)20-6-8-21(9-7-20)17-18-10-13(2)24-17/h3-5,11,13H,6-10H2,1-2H3/t13-/m1/s1. The minimum atomic E-state index is 0.0205. The molecule has 0 saturated carbocycles. The van der Waals surface area contributed by atoms with Crippen molar-refractivity contribution in [1.82, 2.24) is 19.2 Å². The maximum Gasteiger partial charge on any atom is 0.274 e. The van der Waals surface area contributed by atoms with Crippen LogP contribution in [0.15, 0.2) is 29.4 Å².